The highest BCUT2D eigenvalue weighted by Gasteiger charge is 2.18. The molecule has 7 heteroatoms. The van der Waals surface area contributed by atoms with Crippen molar-refractivity contribution in [3.05, 3.63) is 24.3 Å². The van der Waals surface area contributed by atoms with Gasteiger partial charge in [-0.25, -0.2) is 13.6 Å². The maximum atomic E-state index is 11.9. The Labute approximate surface area is 126 Å². The highest BCUT2D eigenvalue weighted by molar-refractivity contribution is 7.89. The highest BCUT2D eigenvalue weighted by atomic mass is 32.2. The molecule has 0 bridgehead atoms. The Hall–Kier alpha value is -1.44. The van der Waals surface area contributed by atoms with E-state index >= 15 is 0 Å². The summed E-state index contributed by atoms with van der Waals surface area (Å²) in [5.41, 5.74) is 6.37. The maximum Gasteiger partial charge on any atom is 0.238 e. The van der Waals surface area contributed by atoms with Crippen LogP contribution in [-0.2, 0) is 14.8 Å². The van der Waals surface area contributed by atoms with Crippen molar-refractivity contribution in [3.63, 3.8) is 0 Å². The fourth-order valence-corrected chi connectivity index (χ4v) is 2.62. The summed E-state index contributed by atoms with van der Waals surface area (Å²) in [7, 11) is -3.78. The van der Waals surface area contributed by atoms with E-state index in [9.17, 15) is 13.2 Å². The molecular formula is C14H23N3O3S. The fraction of sp³-hybridized carbons (Fsp3) is 0.500. The Morgan fingerprint density at radius 2 is 1.95 bits per heavy atom. The molecule has 6 nitrogen and oxygen atoms in total. The molecule has 1 amide bonds. The lowest BCUT2D eigenvalue weighted by atomic mass is 9.87. The van der Waals surface area contributed by atoms with Crippen LogP contribution in [-0.4, -0.2) is 20.4 Å². The van der Waals surface area contributed by atoms with Crippen LogP contribution in [0.4, 0.5) is 5.69 Å². The summed E-state index contributed by atoms with van der Waals surface area (Å²) in [5.74, 6) is -0.252. The number of amides is 1. The van der Waals surface area contributed by atoms with Crippen molar-refractivity contribution in [3.8, 4) is 0 Å². The number of rotatable bonds is 5. The minimum absolute atomic E-state index is 0.0423. The first-order valence-corrected chi connectivity index (χ1v) is 8.20. The molecular weight excluding hydrogens is 290 g/mol. The Bertz CT molecular complexity index is 606. The minimum Gasteiger partial charge on any atom is -0.327 e. The van der Waals surface area contributed by atoms with Gasteiger partial charge in [-0.15, -0.1) is 0 Å². The average molecular weight is 313 g/mol. The van der Waals surface area contributed by atoms with Crippen LogP contribution in [0.25, 0.3) is 0 Å². The molecule has 1 rings (SSSR count). The van der Waals surface area contributed by atoms with Crippen molar-refractivity contribution in [2.75, 3.05) is 5.32 Å². The second kappa shape index (κ2) is 6.55. The predicted molar refractivity (Wildman–Crippen MR) is 83.1 cm³/mol. The number of nitrogens with two attached hydrogens (primary N) is 2. The molecule has 0 heterocycles. The fourth-order valence-electron chi connectivity index (χ4n) is 2.06. The summed E-state index contributed by atoms with van der Waals surface area (Å²) in [5, 5.41) is 7.68. The van der Waals surface area contributed by atoms with Crippen LogP contribution in [0.15, 0.2) is 29.2 Å². The van der Waals surface area contributed by atoms with E-state index in [1.165, 1.54) is 18.2 Å². The SMILES string of the molecule is CC(C)(C)CC(N)CC(=O)Nc1cccc(S(N)(=O)=O)c1. The van der Waals surface area contributed by atoms with E-state index in [2.05, 4.69) is 26.1 Å². The Morgan fingerprint density at radius 1 is 1.33 bits per heavy atom. The van der Waals surface area contributed by atoms with Gasteiger partial charge in [-0.3, -0.25) is 4.79 Å². The van der Waals surface area contributed by atoms with E-state index in [0.29, 0.717) is 5.69 Å². The third-order valence-electron chi connectivity index (χ3n) is 2.77. The molecule has 1 atom stereocenters. The molecule has 0 spiro atoms. The number of sulfonamides is 1. The number of carbonyl (C=O) groups is 1. The van der Waals surface area contributed by atoms with Crippen LogP contribution in [0.3, 0.4) is 0 Å². The summed E-state index contributed by atoms with van der Waals surface area (Å²) in [6, 6.07) is 5.57. The van der Waals surface area contributed by atoms with Gasteiger partial charge < -0.3 is 11.1 Å². The van der Waals surface area contributed by atoms with Crippen LogP contribution in [0.1, 0.15) is 33.6 Å². The lowest BCUT2D eigenvalue weighted by Gasteiger charge is -2.22. The molecule has 1 aromatic rings. The van der Waals surface area contributed by atoms with Crippen molar-refractivity contribution in [1.29, 1.82) is 0 Å². The van der Waals surface area contributed by atoms with Crippen molar-refractivity contribution in [2.24, 2.45) is 16.3 Å². The Kier molecular flexibility index (Phi) is 5.49. The van der Waals surface area contributed by atoms with E-state index in [0.717, 1.165) is 6.42 Å². The smallest absolute Gasteiger partial charge is 0.238 e. The van der Waals surface area contributed by atoms with Gasteiger partial charge in [0.15, 0.2) is 0 Å². The molecule has 1 aromatic carbocycles. The zero-order valence-electron chi connectivity index (χ0n) is 12.6. The average Bonchev–Trinajstić information content (AvgIpc) is 2.24. The summed E-state index contributed by atoms with van der Waals surface area (Å²) in [6.45, 7) is 6.17. The summed E-state index contributed by atoms with van der Waals surface area (Å²) in [4.78, 5) is 11.9. The van der Waals surface area contributed by atoms with E-state index in [-0.39, 0.29) is 28.7 Å². The van der Waals surface area contributed by atoms with Crippen LogP contribution in [0, 0.1) is 5.41 Å². The monoisotopic (exact) mass is 313 g/mol. The molecule has 1 unspecified atom stereocenters. The zero-order chi connectivity index (χ0) is 16.3. The number of benzene rings is 1. The van der Waals surface area contributed by atoms with Crippen LogP contribution in [0.2, 0.25) is 0 Å². The molecule has 0 saturated carbocycles. The van der Waals surface area contributed by atoms with Gasteiger partial charge in [0.05, 0.1) is 4.90 Å². The second-order valence-electron chi connectivity index (χ2n) is 6.35. The van der Waals surface area contributed by atoms with Crippen molar-refractivity contribution in [1.82, 2.24) is 0 Å². The van der Waals surface area contributed by atoms with Gasteiger partial charge in [0.25, 0.3) is 0 Å². The normalized spacial score (nSPS) is 13.8. The molecule has 5 N–H and O–H groups in total. The van der Waals surface area contributed by atoms with Gasteiger partial charge in [0.2, 0.25) is 15.9 Å². The molecule has 0 aliphatic rings. The molecule has 0 aromatic heterocycles. The van der Waals surface area contributed by atoms with Gasteiger partial charge in [0.1, 0.15) is 0 Å². The van der Waals surface area contributed by atoms with Gasteiger partial charge in [-0.2, -0.15) is 0 Å². The summed E-state index contributed by atoms with van der Waals surface area (Å²) >= 11 is 0. The van der Waals surface area contributed by atoms with Crippen molar-refractivity contribution < 1.29 is 13.2 Å². The van der Waals surface area contributed by atoms with Gasteiger partial charge in [-0.05, 0) is 30.0 Å². The third-order valence-corrected chi connectivity index (χ3v) is 3.68. The zero-order valence-corrected chi connectivity index (χ0v) is 13.4. The molecule has 21 heavy (non-hydrogen) atoms. The first-order valence-electron chi connectivity index (χ1n) is 6.66. The molecule has 0 radical (unpaired) electrons. The molecule has 0 aliphatic carbocycles. The number of nitrogens with one attached hydrogen (secondary N) is 1. The second-order valence-corrected chi connectivity index (χ2v) is 7.91. The first kappa shape index (κ1) is 17.6. The van der Waals surface area contributed by atoms with Crippen molar-refractivity contribution in [2.45, 2.75) is 44.6 Å². The van der Waals surface area contributed by atoms with Gasteiger partial charge in [0, 0.05) is 18.2 Å². The Balaban J connectivity index is 2.68. The van der Waals surface area contributed by atoms with Crippen LogP contribution in [0.5, 0.6) is 0 Å². The number of carbonyl (C=O) groups excluding carboxylic acids is 1. The van der Waals surface area contributed by atoms with E-state index in [1.54, 1.807) is 6.07 Å². The largest absolute Gasteiger partial charge is 0.327 e. The van der Waals surface area contributed by atoms with Crippen LogP contribution >= 0.6 is 0 Å². The first-order chi connectivity index (χ1) is 9.47. The number of anilines is 1. The van der Waals surface area contributed by atoms with Crippen molar-refractivity contribution >= 4 is 21.6 Å². The molecule has 0 saturated heterocycles. The molecule has 0 fully saturated rings. The highest BCUT2D eigenvalue weighted by Crippen LogP contribution is 2.21. The lowest BCUT2D eigenvalue weighted by Crippen LogP contribution is -2.31. The molecule has 0 aliphatic heterocycles. The topological polar surface area (TPSA) is 115 Å². The van der Waals surface area contributed by atoms with Crippen LogP contribution < -0.4 is 16.2 Å². The predicted octanol–water partition coefficient (Wildman–Crippen LogP) is 1.43. The third kappa shape index (κ3) is 6.70. The van der Waals surface area contributed by atoms with E-state index in [1.807, 2.05) is 0 Å². The molecule has 118 valence electrons. The number of hydrogen-bond acceptors (Lipinski definition) is 4. The van der Waals surface area contributed by atoms with E-state index < -0.39 is 10.0 Å². The van der Waals surface area contributed by atoms with E-state index in [4.69, 9.17) is 10.9 Å². The lowest BCUT2D eigenvalue weighted by molar-refractivity contribution is -0.116. The number of primary sulfonamides is 1. The number of hydrogen-bond donors (Lipinski definition) is 3. The quantitative estimate of drug-likeness (QED) is 0.762. The maximum absolute atomic E-state index is 11.9. The summed E-state index contributed by atoms with van der Waals surface area (Å²) < 4.78 is 22.5. The Morgan fingerprint density at radius 3 is 2.48 bits per heavy atom. The standard InChI is InChI=1S/C14H23N3O3S/c1-14(2,3)9-10(15)7-13(18)17-11-5-4-6-12(8-11)21(16,19)20/h4-6,8,10H,7,9,15H2,1-3H3,(H,17,18)(H2,16,19,20). The van der Waals surface area contributed by atoms with Gasteiger partial charge in [-0.1, -0.05) is 26.8 Å². The van der Waals surface area contributed by atoms with Gasteiger partial charge >= 0.3 is 0 Å². The minimum atomic E-state index is -3.78. The summed E-state index contributed by atoms with van der Waals surface area (Å²) in [6.07, 6.45) is 0.897.